The van der Waals surface area contributed by atoms with Crippen LogP contribution in [0.1, 0.15) is 26.2 Å². The minimum absolute atomic E-state index is 0.115. The molecule has 1 amide bonds. The molecule has 166 valence electrons. The molecule has 1 saturated heterocycles. The molecule has 2 aromatic carbocycles. The van der Waals surface area contributed by atoms with Gasteiger partial charge in [0.05, 0.1) is 10.9 Å². The van der Waals surface area contributed by atoms with Crippen LogP contribution in [0, 0.1) is 0 Å². The van der Waals surface area contributed by atoms with Gasteiger partial charge < -0.3 is 19.7 Å². The summed E-state index contributed by atoms with van der Waals surface area (Å²) in [5.41, 5.74) is 1.66. The lowest BCUT2D eigenvalue weighted by Crippen LogP contribution is -2.31. The lowest BCUT2D eigenvalue weighted by molar-refractivity contribution is -0.115. The molecule has 9 heteroatoms. The summed E-state index contributed by atoms with van der Waals surface area (Å²) in [6, 6.07) is 15.5. The van der Waals surface area contributed by atoms with Crippen LogP contribution in [0.5, 0.6) is 11.5 Å². The second kappa shape index (κ2) is 9.12. The molecule has 3 aromatic rings. The summed E-state index contributed by atoms with van der Waals surface area (Å²) < 4.78 is 12.8. The van der Waals surface area contributed by atoms with Crippen molar-refractivity contribution in [3.05, 3.63) is 48.5 Å². The number of amides is 1. The van der Waals surface area contributed by atoms with E-state index in [1.54, 1.807) is 12.1 Å². The Morgan fingerprint density at radius 3 is 2.62 bits per heavy atom. The van der Waals surface area contributed by atoms with Crippen molar-refractivity contribution < 1.29 is 14.3 Å². The summed E-state index contributed by atoms with van der Waals surface area (Å²) in [7, 11) is 0. The Kier molecular flexibility index (Phi) is 5.89. The van der Waals surface area contributed by atoms with E-state index in [0.717, 1.165) is 37.6 Å². The van der Waals surface area contributed by atoms with Crippen LogP contribution in [0.4, 0.5) is 11.6 Å². The highest BCUT2D eigenvalue weighted by atomic mass is 32.2. The average molecular weight is 452 g/mol. The van der Waals surface area contributed by atoms with Gasteiger partial charge in [-0.3, -0.25) is 9.36 Å². The zero-order chi connectivity index (χ0) is 21.9. The number of aromatic nitrogens is 3. The first-order valence-electron chi connectivity index (χ1n) is 10.8. The van der Waals surface area contributed by atoms with Crippen molar-refractivity contribution in [3.8, 4) is 17.2 Å². The van der Waals surface area contributed by atoms with Crippen molar-refractivity contribution in [1.82, 2.24) is 14.8 Å². The van der Waals surface area contributed by atoms with Crippen LogP contribution in [0.2, 0.25) is 0 Å². The maximum absolute atomic E-state index is 12.9. The van der Waals surface area contributed by atoms with E-state index >= 15 is 0 Å². The summed E-state index contributed by atoms with van der Waals surface area (Å²) >= 11 is 1.40. The first-order valence-corrected chi connectivity index (χ1v) is 11.7. The monoisotopic (exact) mass is 451 g/mol. The Bertz CT molecular complexity index is 1100. The quantitative estimate of drug-likeness (QED) is 0.565. The second-order valence-electron chi connectivity index (χ2n) is 7.82. The number of nitrogens with zero attached hydrogens (tertiary/aromatic N) is 4. The van der Waals surface area contributed by atoms with Crippen LogP contribution in [0.25, 0.3) is 5.69 Å². The molecule has 1 N–H and O–H groups in total. The van der Waals surface area contributed by atoms with E-state index in [-0.39, 0.29) is 18.0 Å². The maximum atomic E-state index is 12.9. The highest BCUT2D eigenvalue weighted by molar-refractivity contribution is 8.00. The van der Waals surface area contributed by atoms with Gasteiger partial charge in [0.1, 0.15) is 0 Å². The summed E-state index contributed by atoms with van der Waals surface area (Å²) in [6.07, 6.45) is 3.55. The van der Waals surface area contributed by atoms with Crippen molar-refractivity contribution in [3.63, 3.8) is 0 Å². The predicted molar refractivity (Wildman–Crippen MR) is 124 cm³/mol. The van der Waals surface area contributed by atoms with Gasteiger partial charge in [0.15, 0.2) is 16.7 Å². The van der Waals surface area contributed by atoms with E-state index in [9.17, 15) is 4.79 Å². The number of carbonyl (C=O) groups is 1. The topological polar surface area (TPSA) is 81.5 Å². The molecule has 1 atom stereocenters. The zero-order valence-corrected chi connectivity index (χ0v) is 18.7. The molecule has 3 heterocycles. The minimum Gasteiger partial charge on any atom is -0.454 e. The largest absolute Gasteiger partial charge is 0.454 e. The molecular formula is C23H25N5O3S. The first-order chi connectivity index (χ1) is 15.7. The van der Waals surface area contributed by atoms with Gasteiger partial charge in [0.2, 0.25) is 18.6 Å². The van der Waals surface area contributed by atoms with E-state index in [1.165, 1.54) is 18.2 Å². The number of hydrogen-bond donors (Lipinski definition) is 1. The van der Waals surface area contributed by atoms with E-state index in [2.05, 4.69) is 25.0 Å². The molecule has 1 unspecified atom stereocenters. The Morgan fingerprint density at radius 1 is 1.03 bits per heavy atom. The van der Waals surface area contributed by atoms with Crippen molar-refractivity contribution in [2.75, 3.05) is 30.1 Å². The van der Waals surface area contributed by atoms with Crippen molar-refractivity contribution in [1.29, 1.82) is 0 Å². The Morgan fingerprint density at radius 2 is 1.81 bits per heavy atom. The fraction of sp³-hybridized carbons (Fsp3) is 0.348. The molecule has 0 spiro atoms. The number of para-hydroxylation sites is 1. The second-order valence-corrected chi connectivity index (χ2v) is 9.13. The zero-order valence-electron chi connectivity index (χ0n) is 17.9. The normalized spacial score (nSPS) is 16.1. The van der Waals surface area contributed by atoms with E-state index < -0.39 is 0 Å². The molecule has 2 aliphatic heterocycles. The molecule has 2 aliphatic rings. The maximum Gasteiger partial charge on any atom is 0.237 e. The standard InChI is InChI=1S/C23H25N5O3S/c1-16(21(29)24-17-10-11-19-20(14-17)31-15-30-19)32-23-26-25-22(27-12-6-3-7-13-27)28(23)18-8-4-2-5-9-18/h2,4-5,8-11,14,16H,3,6-7,12-13,15H2,1H3,(H,24,29). The number of nitrogens with one attached hydrogen (secondary N) is 1. The Balaban J connectivity index is 1.36. The van der Waals surface area contributed by atoms with E-state index in [1.807, 2.05) is 43.3 Å². The Hall–Kier alpha value is -3.20. The van der Waals surface area contributed by atoms with Gasteiger partial charge in [0, 0.05) is 24.8 Å². The van der Waals surface area contributed by atoms with Gasteiger partial charge in [0.25, 0.3) is 0 Å². The van der Waals surface area contributed by atoms with Crippen LogP contribution < -0.4 is 19.7 Å². The minimum atomic E-state index is -0.374. The van der Waals surface area contributed by atoms with Crippen LogP contribution in [0.15, 0.2) is 53.7 Å². The van der Waals surface area contributed by atoms with Gasteiger partial charge in [-0.15, -0.1) is 10.2 Å². The fourth-order valence-electron chi connectivity index (χ4n) is 3.87. The summed E-state index contributed by atoms with van der Waals surface area (Å²) in [6.45, 7) is 4.01. The molecule has 0 radical (unpaired) electrons. The SMILES string of the molecule is CC(Sc1nnc(N2CCCCC2)n1-c1ccccc1)C(=O)Nc1ccc2c(c1)OCO2. The molecule has 0 bridgehead atoms. The lowest BCUT2D eigenvalue weighted by atomic mass is 10.1. The number of hydrogen-bond acceptors (Lipinski definition) is 7. The van der Waals surface area contributed by atoms with E-state index in [4.69, 9.17) is 9.47 Å². The molecule has 0 saturated carbocycles. The fourth-order valence-corrected chi connectivity index (χ4v) is 4.73. The van der Waals surface area contributed by atoms with Crippen LogP contribution in [-0.4, -0.2) is 45.8 Å². The van der Waals surface area contributed by atoms with Gasteiger partial charge in [-0.05, 0) is 50.5 Å². The first kappa shape index (κ1) is 20.7. The number of ether oxygens (including phenoxy) is 2. The summed E-state index contributed by atoms with van der Waals surface area (Å²) in [5.74, 6) is 2.04. The van der Waals surface area contributed by atoms with Gasteiger partial charge in [-0.25, -0.2) is 0 Å². The van der Waals surface area contributed by atoms with Gasteiger partial charge in [-0.2, -0.15) is 0 Å². The Labute approximate surface area is 190 Å². The number of fused-ring (bicyclic) bond motifs is 1. The molecule has 1 aromatic heterocycles. The number of benzene rings is 2. The molecule has 0 aliphatic carbocycles. The van der Waals surface area contributed by atoms with Gasteiger partial charge in [-0.1, -0.05) is 30.0 Å². The number of piperidine rings is 1. The molecule has 32 heavy (non-hydrogen) atoms. The third-order valence-corrected chi connectivity index (χ3v) is 6.60. The van der Waals surface area contributed by atoms with Crippen LogP contribution >= 0.6 is 11.8 Å². The third-order valence-electron chi connectivity index (χ3n) is 5.56. The van der Waals surface area contributed by atoms with Crippen molar-refractivity contribution >= 4 is 29.3 Å². The smallest absolute Gasteiger partial charge is 0.237 e. The molecule has 1 fully saturated rings. The highest BCUT2D eigenvalue weighted by Crippen LogP contribution is 2.35. The van der Waals surface area contributed by atoms with Crippen molar-refractivity contribution in [2.24, 2.45) is 0 Å². The van der Waals surface area contributed by atoms with Gasteiger partial charge >= 0.3 is 0 Å². The number of thioether (sulfide) groups is 1. The van der Waals surface area contributed by atoms with Crippen LogP contribution in [-0.2, 0) is 4.79 Å². The van der Waals surface area contributed by atoms with Crippen molar-refractivity contribution in [2.45, 2.75) is 36.6 Å². The molecule has 5 rings (SSSR count). The third kappa shape index (κ3) is 4.25. The predicted octanol–water partition coefficient (Wildman–Crippen LogP) is 4.11. The van der Waals surface area contributed by atoms with E-state index in [0.29, 0.717) is 22.3 Å². The highest BCUT2D eigenvalue weighted by Gasteiger charge is 2.25. The number of rotatable bonds is 6. The molecular weight excluding hydrogens is 426 g/mol. The lowest BCUT2D eigenvalue weighted by Gasteiger charge is -2.28. The molecule has 8 nitrogen and oxygen atoms in total. The van der Waals surface area contributed by atoms with Crippen LogP contribution in [0.3, 0.4) is 0 Å². The summed E-state index contributed by atoms with van der Waals surface area (Å²) in [5, 5.41) is 12.3. The number of carbonyl (C=O) groups excluding carboxylic acids is 1. The summed E-state index contributed by atoms with van der Waals surface area (Å²) in [4.78, 5) is 15.2. The average Bonchev–Trinajstić information content (AvgIpc) is 3.47. The number of anilines is 2.